The van der Waals surface area contributed by atoms with E-state index in [1.807, 2.05) is 45.0 Å². The Bertz CT molecular complexity index is 915. The largest absolute Gasteiger partial charge is 0.417 e. The molecule has 0 saturated carbocycles. The van der Waals surface area contributed by atoms with Crippen molar-refractivity contribution in [3.63, 3.8) is 0 Å². The second kappa shape index (κ2) is 7.77. The van der Waals surface area contributed by atoms with E-state index in [1.54, 1.807) is 4.90 Å². The lowest BCUT2D eigenvalue weighted by Crippen LogP contribution is -2.50. The molecule has 27 heavy (non-hydrogen) atoms. The number of hydrogen-bond acceptors (Lipinski definition) is 6. The maximum atomic E-state index is 12.7. The normalized spacial score (nSPS) is 16.1. The number of sulfonamides is 1. The van der Waals surface area contributed by atoms with Gasteiger partial charge in [-0.25, -0.2) is 8.42 Å². The van der Waals surface area contributed by atoms with Gasteiger partial charge in [0.25, 0.3) is 0 Å². The lowest BCUT2D eigenvalue weighted by Gasteiger charge is -2.33. The van der Waals surface area contributed by atoms with Crippen molar-refractivity contribution in [1.82, 2.24) is 19.4 Å². The van der Waals surface area contributed by atoms with Crippen LogP contribution >= 0.6 is 0 Å². The Morgan fingerprint density at radius 1 is 1.19 bits per heavy atom. The van der Waals surface area contributed by atoms with Gasteiger partial charge in [0.1, 0.15) is 0 Å². The van der Waals surface area contributed by atoms with Crippen molar-refractivity contribution in [2.75, 3.05) is 26.2 Å². The Balaban J connectivity index is 1.61. The minimum atomic E-state index is -3.43. The van der Waals surface area contributed by atoms with Gasteiger partial charge in [-0.05, 0) is 12.5 Å². The summed E-state index contributed by atoms with van der Waals surface area (Å²) in [4.78, 5) is 14.0. The number of carbonyl (C=O) groups excluding carboxylic acids is 1. The van der Waals surface area contributed by atoms with Crippen LogP contribution in [-0.2, 0) is 15.8 Å². The number of rotatable bonds is 5. The zero-order chi connectivity index (χ0) is 19.6. The van der Waals surface area contributed by atoms with Crippen molar-refractivity contribution >= 4 is 15.9 Å². The second-order valence-corrected chi connectivity index (χ2v) is 9.01. The molecule has 1 saturated heterocycles. The lowest BCUT2D eigenvalue weighted by atomic mass is 10.2. The van der Waals surface area contributed by atoms with E-state index in [-0.39, 0.29) is 36.6 Å². The molecule has 0 spiro atoms. The number of carbonyl (C=O) groups is 1. The van der Waals surface area contributed by atoms with Gasteiger partial charge in [-0.1, -0.05) is 43.7 Å². The summed E-state index contributed by atoms with van der Waals surface area (Å²) in [6.45, 7) is 6.84. The summed E-state index contributed by atoms with van der Waals surface area (Å²) in [6.07, 6.45) is 0. The molecule has 2 aromatic rings. The molecule has 0 aliphatic carbocycles. The van der Waals surface area contributed by atoms with Gasteiger partial charge in [-0.15, -0.1) is 10.2 Å². The van der Waals surface area contributed by atoms with E-state index in [2.05, 4.69) is 10.2 Å². The van der Waals surface area contributed by atoms with E-state index in [0.717, 1.165) is 11.1 Å². The van der Waals surface area contributed by atoms with Gasteiger partial charge in [0.2, 0.25) is 15.9 Å². The van der Waals surface area contributed by atoms with E-state index in [1.165, 1.54) is 4.31 Å². The number of hydrogen-bond donors (Lipinski definition) is 0. The van der Waals surface area contributed by atoms with Gasteiger partial charge in [0.15, 0.2) is 0 Å². The number of nitrogens with zero attached hydrogens (tertiary/aromatic N) is 4. The standard InChI is InChI=1S/C18H24N4O4S/c1-13(2)16-19-20-17(26-16)18(23)21-7-9-22(10-8-21)27(24,25)12-15-6-4-5-14(3)11-15/h4-6,11,13H,7-10,12H2,1-3H3. The summed E-state index contributed by atoms with van der Waals surface area (Å²) in [5, 5.41) is 7.67. The topological polar surface area (TPSA) is 96.6 Å². The third-order valence-electron chi connectivity index (χ3n) is 4.47. The van der Waals surface area contributed by atoms with E-state index >= 15 is 0 Å². The molecule has 1 aliphatic heterocycles. The fourth-order valence-electron chi connectivity index (χ4n) is 2.96. The first kappa shape index (κ1) is 19.5. The Kier molecular flexibility index (Phi) is 5.61. The van der Waals surface area contributed by atoms with Crippen LogP contribution in [-0.4, -0.2) is 59.9 Å². The molecular weight excluding hydrogens is 368 g/mol. The third-order valence-corrected chi connectivity index (χ3v) is 6.32. The molecule has 1 aromatic heterocycles. The van der Waals surface area contributed by atoms with Crippen LogP contribution in [0.3, 0.4) is 0 Å². The van der Waals surface area contributed by atoms with Crippen molar-refractivity contribution in [3.05, 3.63) is 47.2 Å². The van der Waals surface area contributed by atoms with Gasteiger partial charge in [0.05, 0.1) is 5.75 Å². The lowest BCUT2D eigenvalue weighted by molar-refractivity contribution is 0.0655. The molecule has 0 N–H and O–H groups in total. The fraction of sp³-hybridized carbons (Fsp3) is 0.500. The van der Waals surface area contributed by atoms with Crippen molar-refractivity contribution in [3.8, 4) is 0 Å². The van der Waals surface area contributed by atoms with Gasteiger partial charge in [-0.3, -0.25) is 4.79 Å². The second-order valence-electron chi connectivity index (χ2n) is 7.04. The first-order chi connectivity index (χ1) is 12.8. The van der Waals surface area contributed by atoms with Crippen LogP contribution in [0.15, 0.2) is 28.7 Å². The van der Waals surface area contributed by atoms with Crippen LogP contribution in [0.4, 0.5) is 0 Å². The predicted molar refractivity (Wildman–Crippen MR) is 99.7 cm³/mol. The van der Waals surface area contributed by atoms with Gasteiger partial charge >= 0.3 is 11.8 Å². The molecule has 1 aliphatic rings. The summed E-state index contributed by atoms with van der Waals surface area (Å²) in [5.74, 6) is 0.0182. The Labute approximate surface area is 159 Å². The summed E-state index contributed by atoms with van der Waals surface area (Å²) in [6, 6.07) is 7.47. The van der Waals surface area contributed by atoms with Crippen LogP contribution in [0.5, 0.6) is 0 Å². The quantitative estimate of drug-likeness (QED) is 0.770. The zero-order valence-corrected chi connectivity index (χ0v) is 16.6. The molecular formula is C18H24N4O4S. The first-order valence-electron chi connectivity index (χ1n) is 8.92. The summed E-state index contributed by atoms with van der Waals surface area (Å²) >= 11 is 0. The number of benzene rings is 1. The first-order valence-corrected chi connectivity index (χ1v) is 10.5. The van der Waals surface area contributed by atoms with Gasteiger partial charge in [0, 0.05) is 32.1 Å². The monoisotopic (exact) mass is 392 g/mol. The van der Waals surface area contributed by atoms with E-state index in [4.69, 9.17) is 4.42 Å². The van der Waals surface area contributed by atoms with E-state index in [9.17, 15) is 13.2 Å². The molecule has 9 heteroatoms. The number of aryl methyl sites for hydroxylation is 1. The van der Waals surface area contributed by atoms with Crippen LogP contribution in [0, 0.1) is 6.92 Å². The SMILES string of the molecule is Cc1cccc(CS(=O)(=O)N2CCN(C(=O)c3nnc(C(C)C)o3)CC2)c1. The molecule has 146 valence electrons. The van der Waals surface area contributed by atoms with Gasteiger partial charge < -0.3 is 9.32 Å². The smallest absolute Gasteiger partial charge is 0.311 e. The summed E-state index contributed by atoms with van der Waals surface area (Å²) in [5.41, 5.74) is 1.79. The highest BCUT2D eigenvalue weighted by atomic mass is 32.2. The molecule has 1 amide bonds. The number of aromatic nitrogens is 2. The summed E-state index contributed by atoms with van der Waals surface area (Å²) in [7, 11) is -3.43. The molecule has 3 rings (SSSR count). The molecule has 0 radical (unpaired) electrons. The summed E-state index contributed by atoms with van der Waals surface area (Å²) < 4.78 is 32.2. The van der Waals surface area contributed by atoms with Crippen molar-refractivity contribution in [2.45, 2.75) is 32.4 Å². The van der Waals surface area contributed by atoms with Crippen LogP contribution in [0.25, 0.3) is 0 Å². The van der Waals surface area contributed by atoms with Crippen LogP contribution in [0.1, 0.15) is 47.5 Å². The molecule has 0 atom stereocenters. The molecule has 8 nitrogen and oxygen atoms in total. The van der Waals surface area contributed by atoms with Gasteiger partial charge in [-0.2, -0.15) is 4.31 Å². The van der Waals surface area contributed by atoms with E-state index < -0.39 is 10.0 Å². The molecule has 0 unspecified atom stereocenters. The number of piperazine rings is 1. The minimum Gasteiger partial charge on any atom is -0.417 e. The minimum absolute atomic E-state index is 0.0377. The Morgan fingerprint density at radius 3 is 2.48 bits per heavy atom. The predicted octanol–water partition coefficient (Wildman–Crippen LogP) is 1.79. The van der Waals surface area contributed by atoms with Crippen molar-refractivity contribution < 1.29 is 17.6 Å². The maximum absolute atomic E-state index is 12.7. The highest BCUT2D eigenvalue weighted by Gasteiger charge is 2.31. The van der Waals surface area contributed by atoms with Crippen LogP contribution < -0.4 is 0 Å². The molecule has 0 bridgehead atoms. The zero-order valence-electron chi connectivity index (χ0n) is 15.8. The number of amides is 1. The highest BCUT2D eigenvalue weighted by Crippen LogP contribution is 2.17. The Morgan fingerprint density at radius 2 is 1.89 bits per heavy atom. The molecule has 2 heterocycles. The van der Waals surface area contributed by atoms with E-state index in [0.29, 0.717) is 19.0 Å². The molecule has 1 fully saturated rings. The molecule has 1 aromatic carbocycles. The fourth-order valence-corrected chi connectivity index (χ4v) is 4.47. The maximum Gasteiger partial charge on any atom is 0.311 e. The van der Waals surface area contributed by atoms with Crippen molar-refractivity contribution in [2.24, 2.45) is 0 Å². The van der Waals surface area contributed by atoms with Crippen molar-refractivity contribution in [1.29, 1.82) is 0 Å². The average molecular weight is 392 g/mol. The third kappa shape index (κ3) is 4.54. The van der Waals surface area contributed by atoms with Crippen LogP contribution in [0.2, 0.25) is 0 Å². The Hall–Kier alpha value is -2.26. The average Bonchev–Trinajstić information content (AvgIpc) is 3.11. The highest BCUT2D eigenvalue weighted by molar-refractivity contribution is 7.88.